The summed E-state index contributed by atoms with van der Waals surface area (Å²) in [5.74, 6) is -6.99. The van der Waals surface area contributed by atoms with Crippen molar-refractivity contribution in [2.75, 3.05) is 18.5 Å². The molecule has 4 fully saturated rings. The molecule has 4 amide bonds. The van der Waals surface area contributed by atoms with Crippen LogP contribution in [0.3, 0.4) is 0 Å². The Labute approximate surface area is 395 Å². The van der Waals surface area contributed by atoms with Crippen LogP contribution in [0.5, 0.6) is 5.75 Å². The number of hydrogen-bond acceptors (Lipinski definition) is 13. The second kappa shape index (κ2) is 19.1. The number of carbonyl (C=O) groups is 7. The lowest BCUT2D eigenvalue weighted by molar-refractivity contribution is -0.235. The van der Waals surface area contributed by atoms with Gasteiger partial charge in [-0.2, -0.15) is 12.6 Å². The van der Waals surface area contributed by atoms with Crippen LogP contribution in [0.1, 0.15) is 82.8 Å². The SMILES string of the molecule is C[C@H](NC(=O)CCNC(=O)C(S)CC(=O)O)C(=O)N[C@@H](C)C(=O)Nc1cc(Cc2ccc([C@@H]3O[C@@H]4CC5[C@@H]6C[C@H](F)C7=CC(=O)C=C[C@]7(C)[C@@]6(F)[C@@H](O)C[C@]5(C)[C@]4(C(=O)CO)O3)cc2)ccc1O. The number of Topliss-reactive ketones (excluding diaryl/α,β-unsaturated/α-hetero) is 1. The molecule has 2 aromatic carbocycles. The first kappa shape index (κ1) is 50.3. The summed E-state index contributed by atoms with van der Waals surface area (Å²) in [6.45, 7) is 4.96. The van der Waals surface area contributed by atoms with Gasteiger partial charge in [-0.1, -0.05) is 43.3 Å². The third-order valence-electron chi connectivity index (χ3n) is 14.8. The van der Waals surface area contributed by atoms with Gasteiger partial charge in [0.1, 0.15) is 30.6 Å². The molecule has 1 aliphatic heterocycles. The number of halogens is 2. The van der Waals surface area contributed by atoms with Gasteiger partial charge in [0.2, 0.25) is 23.6 Å². The molecule has 8 N–H and O–H groups in total. The first-order chi connectivity index (χ1) is 32.0. The van der Waals surface area contributed by atoms with Gasteiger partial charge in [-0.15, -0.1) is 0 Å². The maximum Gasteiger partial charge on any atom is 0.304 e. The number of thiol groups is 1. The summed E-state index contributed by atoms with van der Waals surface area (Å²) in [4.78, 5) is 87.1. The summed E-state index contributed by atoms with van der Waals surface area (Å²) in [5, 5.41) is 50.3. The van der Waals surface area contributed by atoms with E-state index < -0.39 is 130 Å². The summed E-state index contributed by atoms with van der Waals surface area (Å²) in [7, 11) is 0. The molecular formula is C48H56F2N4O13S. The molecule has 0 aromatic heterocycles. The van der Waals surface area contributed by atoms with Crippen molar-refractivity contribution in [3.8, 4) is 5.75 Å². The van der Waals surface area contributed by atoms with Crippen LogP contribution in [0.2, 0.25) is 0 Å². The molecule has 5 aliphatic rings. The molecular weight excluding hydrogens is 911 g/mol. The van der Waals surface area contributed by atoms with Gasteiger partial charge in [0.05, 0.1) is 29.6 Å². The lowest BCUT2D eigenvalue weighted by Crippen LogP contribution is -2.70. The number of phenolic OH excluding ortho intramolecular Hbond substituents is 1. The number of fused-ring (bicyclic) bond motifs is 7. The lowest BCUT2D eigenvalue weighted by atomic mass is 9.44. The number of carboxylic acids is 1. The monoisotopic (exact) mass is 966 g/mol. The first-order valence-electron chi connectivity index (χ1n) is 22.4. The minimum Gasteiger partial charge on any atom is -0.506 e. The number of carboxylic acid groups (broad SMARTS) is 1. The first-order valence-corrected chi connectivity index (χ1v) is 22.9. The number of aliphatic carboxylic acids is 1. The Hall–Kier alpha value is -5.54. The Morgan fingerprint density at radius 2 is 1.62 bits per heavy atom. The van der Waals surface area contributed by atoms with Crippen molar-refractivity contribution >= 4 is 59.5 Å². The Morgan fingerprint density at radius 3 is 2.29 bits per heavy atom. The van der Waals surface area contributed by atoms with Crippen LogP contribution in [0, 0.1) is 22.7 Å². The number of anilines is 1. The van der Waals surface area contributed by atoms with Gasteiger partial charge in [-0.25, -0.2) is 8.78 Å². The molecule has 366 valence electrons. The number of phenols is 1. The van der Waals surface area contributed by atoms with Crippen molar-refractivity contribution in [3.63, 3.8) is 0 Å². The Bertz CT molecular complexity index is 2460. The molecule has 13 atom stereocenters. The normalized spacial score (nSPS) is 32.5. The minimum absolute atomic E-state index is 0.0180. The summed E-state index contributed by atoms with van der Waals surface area (Å²) in [5.41, 5.74) is -5.03. The average Bonchev–Trinajstić information content (AvgIpc) is 3.78. The highest BCUT2D eigenvalue weighted by atomic mass is 32.1. The predicted molar refractivity (Wildman–Crippen MR) is 241 cm³/mol. The maximum absolute atomic E-state index is 17.8. The van der Waals surface area contributed by atoms with E-state index in [4.69, 9.17) is 14.6 Å². The van der Waals surface area contributed by atoms with Crippen LogP contribution in [-0.4, -0.2) is 122 Å². The lowest BCUT2D eigenvalue weighted by Gasteiger charge is -2.63. The van der Waals surface area contributed by atoms with Crippen molar-refractivity contribution in [3.05, 3.63) is 83.0 Å². The van der Waals surface area contributed by atoms with Crippen LogP contribution in [0.15, 0.2) is 66.3 Å². The third-order valence-corrected chi connectivity index (χ3v) is 15.2. The van der Waals surface area contributed by atoms with Gasteiger partial charge in [-0.05, 0) is 93.4 Å². The van der Waals surface area contributed by atoms with Gasteiger partial charge in [0, 0.05) is 35.3 Å². The number of amides is 4. The predicted octanol–water partition coefficient (Wildman–Crippen LogP) is 2.85. The van der Waals surface area contributed by atoms with Crippen molar-refractivity contribution in [1.29, 1.82) is 0 Å². The standard InChI is InChI=1S/C48H56F2N4O13S/c1-23(52-39(60)12-14-51-43(65)35(68)20-40(61)62)41(63)53-24(2)42(64)54-33-16-26(7-10-34(33)57)15-25-5-8-27(9-6-25)44-66-38-19-29-30-18-32(49)31-17-28(56)11-13-45(31,3)47(30,50)36(58)21-46(29,4)48(38,67-44)37(59)22-55/h5-11,13,16-17,23-24,29-30,32,35-36,38,44,55,57-58,68H,12,14-15,18-22H2,1-4H3,(H,51,65)(H,52,60)(H,53,63)(H,54,64)(H,61,62)/t23-,24-,29?,30-,32-,35?,36-,38+,44+,45-,46-,47-,48+/m0/s1. The van der Waals surface area contributed by atoms with E-state index in [0.717, 1.165) is 11.6 Å². The number of rotatable bonds is 16. The van der Waals surface area contributed by atoms with Crippen LogP contribution in [0.25, 0.3) is 0 Å². The van der Waals surface area contributed by atoms with Gasteiger partial charge in [0.15, 0.2) is 29.1 Å². The van der Waals surface area contributed by atoms with Crippen molar-refractivity contribution in [2.24, 2.45) is 22.7 Å². The molecule has 2 aromatic rings. The fourth-order valence-corrected chi connectivity index (χ4v) is 11.5. The van der Waals surface area contributed by atoms with E-state index in [2.05, 4.69) is 33.9 Å². The van der Waals surface area contributed by atoms with Gasteiger partial charge < -0.3 is 51.2 Å². The van der Waals surface area contributed by atoms with E-state index in [-0.39, 0.29) is 49.2 Å². The van der Waals surface area contributed by atoms with Gasteiger partial charge in [0.25, 0.3) is 0 Å². The Balaban J connectivity index is 0.961. The molecule has 7 rings (SSSR count). The van der Waals surface area contributed by atoms with E-state index in [0.29, 0.717) is 17.5 Å². The van der Waals surface area contributed by atoms with Crippen molar-refractivity contribution in [2.45, 2.75) is 119 Å². The number of allylic oxidation sites excluding steroid dienone is 4. The molecule has 2 unspecified atom stereocenters. The summed E-state index contributed by atoms with van der Waals surface area (Å²) in [6.07, 6.45) is -2.63. The number of ether oxygens (including phenoxy) is 2. The smallest absolute Gasteiger partial charge is 0.304 e. The second-order valence-corrected chi connectivity index (χ2v) is 19.5. The van der Waals surface area contributed by atoms with E-state index in [9.17, 15) is 48.9 Å². The maximum atomic E-state index is 17.8. The zero-order valence-corrected chi connectivity index (χ0v) is 38.7. The zero-order valence-electron chi connectivity index (χ0n) is 37.8. The van der Waals surface area contributed by atoms with E-state index in [1.165, 1.54) is 39.0 Å². The number of aliphatic hydroxyl groups excluding tert-OH is 2. The molecule has 0 bridgehead atoms. The Morgan fingerprint density at radius 1 is 0.941 bits per heavy atom. The molecule has 68 heavy (non-hydrogen) atoms. The van der Waals surface area contributed by atoms with Crippen LogP contribution < -0.4 is 21.3 Å². The molecule has 0 spiro atoms. The number of aliphatic hydroxyl groups is 2. The highest BCUT2D eigenvalue weighted by Crippen LogP contribution is 2.72. The van der Waals surface area contributed by atoms with Crippen molar-refractivity contribution in [1.82, 2.24) is 16.0 Å². The van der Waals surface area contributed by atoms with Gasteiger partial charge in [-0.3, -0.25) is 33.6 Å². The number of alkyl halides is 2. The molecule has 20 heteroatoms. The summed E-state index contributed by atoms with van der Waals surface area (Å²) in [6, 6.07) is 9.49. The number of hydrogen-bond donors (Lipinski definition) is 9. The van der Waals surface area contributed by atoms with Gasteiger partial charge >= 0.3 is 5.97 Å². The van der Waals surface area contributed by atoms with Crippen LogP contribution in [-0.2, 0) is 49.5 Å². The highest BCUT2D eigenvalue weighted by molar-refractivity contribution is 7.81. The third kappa shape index (κ3) is 8.84. The fraction of sp³-hybridized carbons (Fsp3) is 0.521. The molecule has 3 saturated carbocycles. The van der Waals surface area contributed by atoms with E-state index >= 15 is 8.78 Å². The number of nitrogens with one attached hydrogen (secondary N) is 4. The number of aromatic hydroxyl groups is 1. The molecule has 1 heterocycles. The summed E-state index contributed by atoms with van der Waals surface area (Å²) >= 11 is 3.91. The zero-order chi connectivity index (χ0) is 49.7. The van der Waals surface area contributed by atoms with E-state index in [1.807, 2.05) is 0 Å². The topological polar surface area (TPSA) is 267 Å². The molecule has 0 radical (unpaired) electrons. The summed E-state index contributed by atoms with van der Waals surface area (Å²) < 4.78 is 46.8. The quantitative estimate of drug-likeness (QED) is 0.0867. The molecule has 1 saturated heterocycles. The van der Waals surface area contributed by atoms with Crippen LogP contribution in [0.4, 0.5) is 14.5 Å². The minimum atomic E-state index is -2.38. The largest absolute Gasteiger partial charge is 0.506 e. The average molecular weight is 967 g/mol. The van der Waals surface area contributed by atoms with E-state index in [1.54, 1.807) is 43.3 Å². The van der Waals surface area contributed by atoms with Crippen molar-refractivity contribution < 1.29 is 72.2 Å². The molecule has 17 nitrogen and oxygen atoms in total. The fourth-order valence-electron chi connectivity index (χ4n) is 11.2. The molecule has 4 aliphatic carbocycles. The second-order valence-electron chi connectivity index (χ2n) is 18.9. The number of ketones is 2. The van der Waals surface area contributed by atoms with Crippen LogP contribution >= 0.6 is 12.6 Å². The Kier molecular flexibility index (Phi) is 14.1. The number of carbonyl (C=O) groups excluding carboxylic acids is 6. The number of benzene rings is 2. The highest BCUT2D eigenvalue weighted by Gasteiger charge is 2.80.